The van der Waals surface area contributed by atoms with Gasteiger partial charge in [0.2, 0.25) is 0 Å². The summed E-state index contributed by atoms with van der Waals surface area (Å²) in [5.41, 5.74) is 3.82. The summed E-state index contributed by atoms with van der Waals surface area (Å²) in [5.74, 6) is 0.0204. The zero-order valence-electron chi connectivity index (χ0n) is 21.1. The highest BCUT2D eigenvalue weighted by atomic mass is 19.1. The Hall–Kier alpha value is -3.79. The molecule has 1 aliphatic rings. The number of halogens is 1. The number of ether oxygens (including phenoxy) is 1. The van der Waals surface area contributed by atoms with Gasteiger partial charge in [0.15, 0.2) is 17.2 Å². The minimum Gasteiger partial charge on any atom is -0.448 e. The molecule has 9 nitrogen and oxygen atoms in total. The summed E-state index contributed by atoms with van der Waals surface area (Å²) in [5, 5.41) is 7.17. The van der Waals surface area contributed by atoms with Crippen LogP contribution in [0.3, 0.4) is 0 Å². The molecule has 3 aromatic heterocycles. The van der Waals surface area contributed by atoms with Crippen LogP contribution in [0.5, 0.6) is 0 Å². The molecular weight excluding hydrogens is 463 g/mol. The molecule has 1 aliphatic heterocycles. The van der Waals surface area contributed by atoms with Crippen molar-refractivity contribution in [2.75, 3.05) is 36.5 Å². The normalized spacial score (nSPS) is 14.4. The van der Waals surface area contributed by atoms with Crippen molar-refractivity contribution in [1.29, 1.82) is 0 Å². The number of nitrogens with zero attached hydrogens (tertiary/aromatic N) is 5. The number of aryl methyl sites for hydroxylation is 2. The number of hydrogen-bond donors (Lipinski definition) is 1. The Morgan fingerprint density at radius 2 is 1.86 bits per heavy atom. The quantitative estimate of drug-likeness (QED) is 0.447. The molecule has 188 valence electrons. The predicted molar refractivity (Wildman–Crippen MR) is 134 cm³/mol. The minimum absolute atomic E-state index is 0.0590. The Bertz CT molecular complexity index is 1450. The molecule has 10 heteroatoms. The number of rotatable bonds is 4. The van der Waals surface area contributed by atoms with E-state index in [9.17, 15) is 9.18 Å². The molecule has 0 radical (unpaired) electrons. The number of benzene rings is 1. The van der Waals surface area contributed by atoms with Crippen molar-refractivity contribution in [1.82, 2.24) is 19.6 Å². The fourth-order valence-corrected chi connectivity index (χ4v) is 4.25. The Kier molecular flexibility index (Phi) is 5.99. The van der Waals surface area contributed by atoms with Crippen molar-refractivity contribution in [3.8, 4) is 11.1 Å². The van der Waals surface area contributed by atoms with E-state index in [0.717, 1.165) is 41.1 Å². The molecule has 1 amide bonds. The van der Waals surface area contributed by atoms with Crippen LogP contribution in [-0.4, -0.2) is 51.8 Å². The van der Waals surface area contributed by atoms with Gasteiger partial charge in [-0.15, -0.1) is 0 Å². The average Bonchev–Trinajstić information content (AvgIpc) is 3.47. The van der Waals surface area contributed by atoms with Crippen LogP contribution in [-0.2, 0) is 10.2 Å². The molecule has 4 aromatic rings. The number of morpholine rings is 1. The van der Waals surface area contributed by atoms with E-state index in [1.54, 1.807) is 10.6 Å². The van der Waals surface area contributed by atoms with E-state index in [0.29, 0.717) is 24.9 Å². The summed E-state index contributed by atoms with van der Waals surface area (Å²) in [6.07, 6.45) is 3.16. The van der Waals surface area contributed by atoms with E-state index in [1.807, 2.05) is 46.9 Å². The first kappa shape index (κ1) is 23.9. The first-order chi connectivity index (χ1) is 17.1. The van der Waals surface area contributed by atoms with Crippen LogP contribution in [0.15, 0.2) is 35.1 Å². The standard InChI is InChI=1S/C26H29FN6O3/c1-15-10-19(27)20(29-24(34)21-14-36-25(30-21)26(3,4)5)12-18(15)17-11-22(32-6-8-35-9-7-32)23-28-16(2)31-33(23)13-17/h10-14H,6-9H2,1-5H3,(H,29,34). The number of hydrogen-bond acceptors (Lipinski definition) is 7. The number of amides is 1. The van der Waals surface area contributed by atoms with Crippen LogP contribution in [0.2, 0.25) is 0 Å². The number of aromatic nitrogens is 4. The topological polar surface area (TPSA) is 97.8 Å². The van der Waals surface area contributed by atoms with Crippen LogP contribution in [0, 0.1) is 19.7 Å². The lowest BCUT2D eigenvalue weighted by molar-refractivity contribution is 0.102. The third kappa shape index (κ3) is 4.56. The van der Waals surface area contributed by atoms with Crippen LogP contribution >= 0.6 is 0 Å². The monoisotopic (exact) mass is 492 g/mol. The zero-order valence-corrected chi connectivity index (χ0v) is 21.1. The SMILES string of the molecule is Cc1nc2c(N3CCOCC3)cc(-c3cc(NC(=O)c4coc(C(C)(C)C)n4)c(F)cc3C)cn2n1. The van der Waals surface area contributed by atoms with Crippen LogP contribution in [0.4, 0.5) is 15.8 Å². The number of anilines is 2. The molecule has 1 fully saturated rings. The maximum absolute atomic E-state index is 14.9. The summed E-state index contributed by atoms with van der Waals surface area (Å²) in [6.45, 7) is 12.2. The van der Waals surface area contributed by atoms with Crippen molar-refractivity contribution >= 4 is 22.9 Å². The fourth-order valence-electron chi connectivity index (χ4n) is 4.25. The van der Waals surface area contributed by atoms with Gasteiger partial charge in [0, 0.05) is 30.3 Å². The van der Waals surface area contributed by atoms with Gasteiger partial charge in [-0.3, -0.25) is 4.79 Å². The number of nitrogens with one attached hydrogen (secondary N) is 1. The van der Waals surface area contributed by atoms with Gasteiger partial charge in [-0.1, -0.05) is 20.8 Å². The van der Waals surface area contributed by atoms with E-state index < -0.39 is 11.7 Å². The van der Waals surface area contributed by atoms with Crippen molar-refractivity contribution in [3.63, 3.8) is 0 Å². The second-order valence-corrected chi connectivity index (χ2v) is 10.0. The molecular formula is C26H29FN6O3. The average molecular weight is 493 g/mol. The molecule has 0 bridgehead atoms. The first-order valence-electron chi connectivity index (χ1n) is 11.9. The lowest BCUT2D eigenvalue weighted by Crippen LogP contribution is -2.36. The van der Waals surface area contributed by atoms with Gasteiger partial charge >= 0.3 is 0 Å². The summed E-state index contributed by atoms with van der Waals surface area (Å²) in [4.78, 5) is 23.9. The van der Waals surface area contributed by atoms with Crippen molar-refractivity contribution in [3.05, 3.63) is 59.4 Å². The molecule has 0 unspecified atom stereocenters. The highest BCUT2D eigenvalue weighted by Gasteiger charge is 2.24. The summed E-state index contributed by atoms with van der Waals surface area (Å²) >= 11 is 0. The van der Waals surface area contributed by atoms with Crippen molar-refractivity contribution in [2.45, 2.75) is 40.0 Å². The van der Waals surface area contributed by atoms with Crippen LogP contribution in [0.25, 0.3) is 16.8 Å². The largest absolute Gasteiger partial charge is 0.448 e. The number of carbonyl (C=O) groups is 1. The van der Waals surface area contributed by atoms with Gasteiger partial charge in [-0.2, -0.15) is 5.10 Å². The van der Waals surface area contributed by atoms with E-state index in [2.05, 4.69) is 25.3 Å². The molecule has 36 heavy (non-hydrogen) atoms. The molecule has 1 saturated heterocycles. The Balaban J connectivity index is 1.53. The lowest BCUT2D eigenvalue weighted by atomic mass is 9.97. The summed E-state index contributed by atoms with van der Waals surface area (Å²) in [6, 6.07) is 5.09. The third-order valence-electron chi connectivity index (χ3n) is 6.12. The molecule has 1 N–H and O–H groups in total. The van der Waals surface area contributed by atoms with Gasteiger partial charge < -0.3 is 19.4 Å². The molecule has 0 aliphatic carbocycles. The first-order valence-corrected chi connectivity index (χ1v) is 11.9. The molecule has 5 rings (SSSR count). The van der Waals surface area contributed by atoms with Crippen molar-refractivity contribution < 1.29 is 18.3 Å². The smallest absolute Gasteiger partial charge is 0.277 e. The lowest BCUT2D eigenvalue weighted by Gasteiger charge is -2.29. The Morgan fingerprint density at radius 3 is 2.56 bits per heavy atom. The predicted octanol–water partition coefficient (Wildman–Crippen LogP) is 4.53. The van der Waals surface area contributed by atoms with Gasteiger partial charge in [0.05, 0.1) is 24.6 Å². The van der Waals surface area contributed by atoms with Gasteiger partial charge in [-0.05, 0) is 43.2 Å². The molecule has 1 aromatic carbocycles. The molecule has 0 saturated carbocycles. The Labute approximate surface area is 208 Å². The highest BCUT2D eigenvalue weighted by Crippen LogP contribution is 2.33. The minimum atomic E-state index is -0.542. The van der Waals surface area contributed by atoms with E-state index in [1.165, 1.54) is 12.3 Å². The second-order valence-electron chi connectivity index (χ2n) is 10.0. The molecule has 0 spiro atoms. The zero-order chi connectivity index (χ0) is 25.6. The third-order valence-corrected chi connectivity index (χ3v) is 6.12. The summed E-state index contributed by atoms with van der Waals surface area (Å²) < 4.78 is 27.7. The van der Waals surface area contributed by atoms with Crippen molar-refractivity contribution in [2.24, 2.45) is 0 Å². The maximum atomic E-state index is 14.9. The highest BCUT2D eigenvalue weighted by molar-refractivity contribution is 6.03. The molecule has 4 heterocycles. The maximum Gasteiger partial charge on any atom is 0.277 e. The number of oxazole rings is 1. The van der Waals surface area contributed by atoms with E-state index >= 15 is 0 Å². The van der Waals surface area contributed by atoms with Gasteiger partial charge in [0.25, 0.3) is 5.91 Å². The van der Waals surface area contributed by atoms with Crippen LogP contribution < -0.4 is 10.2 Å². The number of carbonyl (C=O) groups excluding carboxylic acids is 1. The van der Waals surface area contributed by atoms with Gasteiger partial charge in [-0.25, -0.2) is 18.9 Å². The fraction of sp³-hybridized carbons (Fsp3) is 0.385. The van der Waals surface area contributed by atoms with Crippen LogP contribution in [0.1, 0.15) is 48.5 Å². The number of fused-ring (bicyclic) bond motifs is 1. The van der Waals surface area contributed by atoms with E-state index in [-0.39, 0.29) is 16.8 Å². The summed E-state index contributed by atoms with van der Waals surface area (Å²) in [7, 11) is 0. The number of pyridine rings is 1. The Morgan fingerprint density at radius 1 is 1.11 bits per heavy atom. The molecule has 0 atom stereocenters. The van der Waals surface area contributed by atoms with E-state index in [4.69, 9.17) is 9.15 Å². The second kappa shape index (κ2) is 9.02. The van der Waals surface area contributed by atoms with Gasteiger partial charge in [0.1, 0.15) is 17.9 Å².